The van der Waals surface area contributed by atoms with Crippen LogP contribution in [0.1, 0.15) is 16.8 Å². The minimum Gasteiger partial charge on any atom is -0.454 e. The Morgan fingerprint density at radius 3 is 2.59 bits per heavy atom. The summed E-state index contributed by atoms with van der Waals surface area (Å²) in [5, 5.41) is 14.3. The van der Waals surface area contributed by atoms with Crippen molar-refractivity contribution in [3.8, 4) is 6.07 Å². The number of rotatable bonds is 11. The second-order valence-corrected chi connectivity index (χ2v) is 8.80. The number of amides is 2. The number of carbonyl (C=O) groups excluding carboxylic acids is 3. The Labute approximate surface area is 200 Å². The highest BCUT2D eigenvalue weighted by Gasteiger charge is 2.24. The van der Waals surface area contributed by atoms with Crippen molar-refractivity contribution in [2.75, 3.05) is 29.7 Å². The summed E-state index contributed by atoms with van der Waals surface area (Å²) in [5.41, 5.74) is 0.778. The quantitative estimate of drug-likeness (QED) is 0.361. The van der Waals surface area contributed by atoms with E-state index in [9.17, 15) is 14.4 Å². The Kier molecular flexibility index (Phi) is 10.9. The number of halogens is 1. The summed E-state index contributed by atoms with van der Waals surface area (Å²) in [5.74, 6) is -0.875. The summed E-state index contributed by atoms with van der Waals surface area (Å²) < 4.78 is 5.16. The summed E-state index contributed by atoms with van der Waals surface area (Å²) in [6, 6.07) is 14.7. The van der Waals surface area contributed by atoms with Crippen molar-refractivity contribution in [3.05, 3.63) is 59.1 Å². The van der Waals surface area contributed by atoms with Crippen molar-refractivity contribution in [1.29, 1.82) is 5.26 Å². The number of benzene rings is 2. The Hall–Kier alpha value is -2.67. The average molecular weight is 492 g/mol. The van der Waals surface area contributed by atoms with Gasteiger partial charge in [0.05, 0.1) is 28.1 Å². The summed E-state index contributed by atoms with van der Waals surface area (Å²) in [6.07, 6.45) is 2.22. The van der Waals surface area contributed by atoms with E-state index in [1.54, 1.807) is 48.5 Å². The zero-order valence-corrected chi connectivity index (χ0v) is 19.7. The maximum Gasteiger partial charge on any atom is 0.329 e. The van der Waals surface area contributed by atoms with E-state index < -0.39 is 30.4 Å². The number of carbonyl (C=O) groups is 3. The van der Waals surface area contributed by atoms with Gasteiger partial charge in [-0.1, -0.05) is 35.9 Å². The number of hydrogen-bond acceptors (Lipinski definition) is 7. The van der Waals surface area contributed by atoms with Gasteiger partial charge in [-0.2, -0.15) is 17.0 Å². The minimum absolute atomic E-state index is 0.240. The first-order valence-corrected chi connectivity index (χ1v) is 12.3. The number of ether oxygens (including phenoxy) is 1. The van der Waals surface area contributed by atoms with Gasteiger partial charge in [0.1, 0.15) is 6.04 Å². The Morgan fingerprint density at radius 2 is 1.88 bits per heavy atom. The van der Waals surface area contributed by atoms with Gasteiger partial charge in [0.25, 0.3) is 11.8 Å². The number of hydrogen-bond donors (Lipinski definition) is 2. The fraction of sp³-hybridized carbons (Fsp3) is 0.273. The van der Waals surface area contributed by atoms with E-state index in [1.165, 1.54) is 23.5 Å². The molecule has 0 radical (unpaired) electrons. The molecule has 2 aromatic carbocycles. The second-order valence-electron chi connectivity index (χ2n) is 6.39. The third-order valence-corrected chi connectivity index (χ3v) is 6.03. The molecule has 2 N–H and O–H groups in total. The molecule has 0 aliphatic rings. The largest absolute Gasteiger partial charge is 0.454 e. The van der Waals surface area contributed by atoms with Gasteiger partial charge in [-0.05, 0) is 42.7 Å². The fourth-order valence-corrected chi connectivity index (χ4v) is 3.96. The predicted molar refractivity (Wildman–Crippen MR) is 128 cm³/mol. The van der Waals surface area contributed by atoms with Crippen LogP contribution in [0.5, 0.6) is 0 Å². The molecule has 0 spiro atoms. The molecule has 0 saturated carbocycles. The molecule has 32 heavy (non-hydrogen) atoms. The van der Waals surface area contributed by atoms with Gasteiger partial charge in [0.2, 0.25) is 0 Å². The first-order valence-electron chi connectivity index (χ1n) is 9.55. The lowest BCUT2D eigenvalue weighted by Crippen LogP contribution is -2.43. The fourth-order valence-electron chi connectivity index (χ4n) is 2.60. The van der Waals surface area contributed by atoms with Gasteiger partial charge in [0.15, 0.2) is 6.61 Å². The van der Waals surface area contributed by atoms with Crippen molar-refractivity contribution in [2.45, 2.75) is 17.4 Å². The van der Waals surface area contributed by atoms with E-state index in [-0.39, 0.29) is 16.3 Å². The van der Waals surface area contributed by atoms with Crippen LogP contribution in [0.3, 0.4) is 0 Å². The summed E-state index contributed by atoms with van der Waals surface area (Å²) in [7, 11) is 0. The van der Waals surface area contributed by atoms with E-state index in [2.05, 4.69) is 10.6 Å². The molecule has 7 nitrogen and oxygen atoms in total. The van der Waals surface area contributed by atoms with E-state index in [0.717, 1.165) is 4.90 Å². The molecule has 0 bridgehead atoms. The molecule has 2 rings (SSSR count). The molecule has 0 aliphatic heterocycles. The molecule has 2 amide bonds. The third kappa shape index (κ3) is 8.11. The lowest BCUT2D eigenvalue weighted by atomic mass is 10.1. The normalized spacial score (nSPS) is 11.2. The Morgan fingerprint density at radius 1 is 1.16 bits per heavy atom. The second kappa shape index (κ2) is 13.7. The highest BCUT2D eigenvalue weighted by atomic mass is 35.5. The zero-order chi connectivity index (χ0) is 23.3. The average Bonchev–Trinajstić information content (AvgIpc) is 2.79. The van der Waals surface area contributed by atoms with Gasteiger partial charge in [-0.15, -0.1) is 11.8 Å². The lowest BCUT2D eigenvalue weighted by molar-refractivity contribution is -0.149. The molecule has 0 saturated heterocycles. The van der Waals surface area contributed by atoms with Gasteiger partial charge in [0, 0.05) is 4.90 Å². The molecule has 1 unspecified atom stereocenters. The third-order valence-electron chi connectivity index (χ3n) is 4.12. The lowest BCUT2D eigenvalue weighted by Gasteiger charge is -2.18. The van der Waals surface area contributed by atoms with E-state index in [1.807, 2.05) is 12.3 Å². The van der Waals surface area contributed by atoms with Crippen LogP contribution in [-0.4, -0.2) is 48.2 Å². The molecule has 1 atom stereocenters. The zero-order valence-electron chi connectivity index (χ0n) is 17.3. The topological polar surface area (TPSA) is 108 Å². The van der Waals surface area contributed by atoms with Crippen LogP contribution in [0, 0.1) is 11.3 Å². The summed E-state index contributed by atoms with van der Waals surface area (Å²) in [6.45, 7) is -0.506. The van der Waals surface area contributed by atoms with Crippen molar-refractivity contribution >= 4 is 58.6 Å². The van der Waals surface area contributed by atoms with E-state index in [0.29, 0.717) is 17.9 Å². The molecular formula is C22H22ClN3O4S2. The molecule has 168 valence electrons. The highest BCUT2D eigenvalue weighted by molar-refractivity contribution is 7.99. The Balaban J connectivity index is 1.97. The minimum atomic E-state index is -0.919. The molecule has 0 aliphatic carbocycles. The number of para-hydroxylation sites is 1. The van der Waals surface area contributed by atoms with Crippen LogP contribution in [0.15, 0.2) is 53.4 Å². The smallest absolute Gasteiger partial charge is 0.329 e. The van der Waals surface area contributed by atoms with E-state index >= 15 is 0 Å². The van der Waals surface area contributed by atoms with Crippen molar-refractivity contribution in [1.82, 2.24) is 5.32 Å². The molecule has 0 heterocycles. The first kappa shape index (κ1) is 25.6. The van der Waals surface area contributed by atoms with E-state index in [4.69, 9.17) is 21.6 Å². The van der Waals surface area contributed by atoms with Gasteiger partial charge >= 0.3 is 5.97 Å². The Bertz CT molecular complexity index is 997. The number of nitrogens with zero attached hydrogens (tertiary/aromatic N) is 1. The van der Waals surface area contributed by atoms with Crippen molar-refractivity contribution in [2.24, 2.45) is 0 Å². The molecule has 2 aromatic rings. The number of nitriles is 1. The van der Waals surface area contributed by atoms with Gasteiger partial charge < -0.3 is 15.4 Å². The molecule has 0 fully saturated rings. The van der Waals surface area contributed by atoms with Crippen molar-refractivity contribution in [3.63, 3.8) is 0 Å². The van der Waals surface area contributed by atoms with Crippen LogP contribution < -0.4 is 10.6 Å². The van der Waals surface area contributed by atoms with Gasteiger partial charge in [-0.25, -0.2) is 4.79 Å². The number of anilines is 1. The molecule has 10 heteroatoms. The van der Waals surface area contributed by atoms with Crippen LogP contribution in [0.2, 0.25) is 5.02 Å². The predicted octanol–water partition coefficient (Wildman–Crippen LogP) is 3.99. The monoisotopic (exact) mass is 491 g/mol. The van der Waals surface area contributed by atoms with Crippen LogP contribution >= 0.6 is 35.1 Å². The maximum atomic E-state index is 12.6. The molecule has 0 aromatic heterocycles. The van der Waals surface area contributed by atoms with Crippen LogP contribution in [0.4, 0.5) is 5.69 Å². The number of esters is 1. The number of nitrogens with one attached hydrogen (secondary N) is 2. The maximum absolute atomic E-state index is 12.6. The highest BCUT2D eigenvalue weighted by Crippen LogP contribution is 2.26. The first-order chi connectivity index (χ1) is 15.5. The van der Waals surface area contributed by atoms with Crippen molar-refractivity contribution < 1.29 is 19.1 Å². The molecular weight excluding hydrogens is 470 g/mol. The SMILES string of the molecule is CSCCC(NC(=O)c1ccccc1Cl)C(=O)OCC(=O)Nc1ccccc1SCC#N. The summed E-state index contributed by atoms with van der Waals surface area (Å²) in [4.78, 5) is 38.1. The number of thioether (sulfide) groups is 2. The van der Waals surface area contributed by atoms with Crippen LogP contribution in [0.25, 0.3) is 0 Å². The standard InChI is InChI=1S/C22H22ClN3O4S2/c1-31-12-10-18(26-21(28)15-6-2-3-7-16(15)23)22(29)30-14-20(27)25-17-8-4-5-9-19(17)32-13-11-24/h2-9,18H,10,12-14H2,1H3,(H,25,27)(H,26,28). The summed E-state index contributed by atoms with van der Waals surface area (Å²) >= 11 is 8.86. The van der Waals surface area contributed by atoms with Gasteiger partial charge in [-0.3, -0.25) is 9.59 Å². The van der Waals surface area contributed by atoms with Crippen LogP contribution in [-0.2, 0) is 14.3 Å².